The molecule has 0 aliphatic carbocycles. The summed E-state index contributed by atoms with van der Waals surface area (Å²) in [6.07, 6.45) is 1.99. The zero-order chi connectivity index (χ0) is 17.2. The van der Waals surface area contributed by atoms with Crippen LogP contribution in [0.15, 0.2) is 72.1 Å². The van der Waals surface area contributed by atoms with E-state index in [1.807, 2.05) is 37.3 Å². The zero-order valence-corrected chi connectivity index (χ0v) is 14.1. The molecule has 0 amide bonds. The van der Waals surface area contributed by atoms with Crippen LogP contribution >= 0.6 is 0 Å². The first kappa shape index (κ1) is 16.1. The van der Waals surface area contributed by atoms with Crippen molar-refractivity contribution in [1.82, 2.24) is 14.4 Å². The number of hydrogen-bond acceptors (Lipinski definition) is 4. The van der Waals surface area contributed by atoms with Gasteiger partial charge in [-0.3, -0.25) is 0 Å². The molecular formula is C18H17N3O2S. The molecule has 24 heavy (non-hydrogen) atoms. The molecule has 3 rings (SSSR count). The van der Waals surface area contributed by atoms with Gasteiger partial charge in [-0.15, -0.1) is 15.8 Å². The van der Waals surface area contributed by atoms with Gasteiger partial charge in [-0.1, -0.05) is 59.3 Å². The number of hydrogen-bond donors (Lipinski definition) is 0. The first-order valence-corrected chi connectivity index (χ1v) is 8.91. The SMILES string of the molecule is C=CCc1c(-c2ccccc2)nnn1S(=O)(=O)c1ccc(C)cc1. The number of allylic oxidation sites excluding steroid dienone is 1. The molecule has 0 atom stereocenters. The Bertz CT molecular complexity index is 959. The van der Waals surface area contributed by atoms with Crippen molar-refractivity contribution in [2.24, 2.45) is 0 Å². The Balaban J connectivity index is 2.16. The van der Waals surface area contributed by atoms with Gasteiger partial charge in [-0.05, 0) is 19.1 Å². The summed E-state index contributed by atoms with van der Waals surface area (Å²) in [7, 11) is -3.80. The van der Waals surface area contributed by atoms with Crippen LogP contribution in [0.1, 0.15) is 11.3 Å². The largest absolute Gasteiger partial charge is 0.284 e. The van der Waals surface area contributed by atoms with E-state index in [0.29, 0.717) is 17.8 Å². The Morgan fingerprint density at radius 3 is 2.38 bits per heavy atom. The molecule has 0 unspecified atom stereocenters. The number of benzene rings is 2. The molecule has 0 fully saturated rings. The van der Waals surface area contributed by atoms with Crippen molar-refractivity contribution < 1.29 is 8.42 Å². The maximum atomic E-state index is 12.9. The Morgan fingerprint density at radius 2 is 1.75 bits per heavy atom. The second kappa shape index (κ2) is 6.41. The third-order valence-electron chi connectivity index (χ3n) is 3.66. The van der Waals surface area contributed by atoms with Gasteiger partial charge < -0.3 is 0 Å². The molecule has 2 aromatic carbocycles. The van der Waals surface area contributed by atoms with Gasteiger partial charge in [0, 0.05) is 12.0 Å². The molecule has 6 heteroatoms. The minimum absolute atomic E-state index is 0.183. The molecule has 1 aromatic heterocycles. The summed E-state index contributed by atoms with van der Waals surface area (Å²) in [4.78, 5) is 0.183. The van der Waals surface area contributed by atoms with Crippen molar-refractivity contribution in [2.75, 3.05) is 0 Å². The second-order valence-corrected chi connectivity index (χ2v) is 7.17. The van der Waals surface area contributed by atoms with Crippen LogP contribution in [0.25, 0.3) is 11.3 Å². The van der Waals surface area contributed by atoms with Crippen LogP contribution in [0.4, 0.5) is 0 Å². The molecule has 0 saturated carbocycles. The quantitative estimate of drug-likeness (QED) is 0.670. The maximum absolute atomic E-state index is 12.9. The summed E-state index contributed by atoms with van der Waals surface area (Å²) in [5.41, 5.74) is 2.85. The van der Waals surface area contributed by atoms with Crippen LogP contribution < -0.4 is 0 Å². The smallest absolute Gasteiger partial charge is 0.199 e. The summed E-state index contributed by atoms with van der Waals surface area (Å²) in [5, 5.41) is 8.01. The minimum Gasteiger partial charge on any atom is -0.199 e. The fraction of sp³-hybridized carbons (Fsp3) is 0.111. The van der Waals surface area contributed by atoms with E-state index in [9.17, 15) is 8.42 Å². The molecule has 0 aliphatic heterocycles. The van der Waals surface area contributed by atoms with Crippen LogP contribution in [0, 0.1) is 6.92 Å². The summed E-state index contributed by atoms with van der Waals surface area (Å²) >= 11 is 0. The monoisotopic (exact) mass is 339 g/mol. The lowest BCUT2D eigenvalue weighted by atomic mass is 10.1. The lowest BCUT2D eigenvalue weighted by Crippen LogP contribution is -2.17. The van der Waals surface area contributed by atoms with Crippen LogP contribution in [-0.2, 0) is 16.4 Å². The van der Waals surface area contributed by atoms with E-state index in [-0.39, 0.29) is 4.90 Å². The van der Waals surface area contributed by atoms with Crippen LogP contribution in [0.2, 0.25) is 0 Å². The summed E-state index contributed by atoms with van der Waals surface area (Å²) in [6.45, 7) is 5.62. The number of nitrogens with zero attached hydrogens (tertiary/aromatic N) is 3. The van der Waals surface area contributed by atoms with Gasteiger partial charge in [0.15, 0.2) is 0 Å². The Labute approximate surface area is 141 Å². The third-order valence-corrected chi connectivity index (χ3v) is 5.28. The average molecular weight is 339 g/mol. The molecular weight excluding hydrogens is 322 g/mol. The van der Waals surface area contributed by atoms with Crippen LogP contribution in [-0.4, -0.2) is 22.8 Å². The molecule has 0 bridgehead atoms. The van der Waals surface area contributed by atoms with Crippen molar-refractivity contribution in [3.8, 4) is 11.3 Å². The number of aryl methyl sites for hydroxylation is 1. The standard InChI is InChI=1S/C18H17N3O2S/c1-3-7-17-18(15-8-5-4-6-9-15)19-20-21(17)24(22,23)16-12-10-14(2)11-13-16/h3-6,8-13H,1,7H2,2H3. The van der Waals surface area contributed by atoms with Crippen molar-refractivity contribution >= 4 is 10.0 Å². The molecule has 0 spiro atoms. The number of rotatable bonds is 5. The molecule has 5 nitrogen and oxygen atoms in total. The molecule has 0 N–H and O–H groups in total. The molecule has 3 aromatic rings. The van der Waals surface area contributed by atoms with Crippen molar-refractivity contribution in [3.05, 3.63) is 78.5 Å². The topological polar surface area (TPSA) is 64.8 Å². The van der Waals surface area contributed by atoms with Crippen molar-refractivity contribution in [2.45, 2.75) is 18.2 Å². The first-order chi connectivity index (χ1) is 11.5. The normalized spacial score (nSPS) is 11.4. The van der Waals surface area contributed by atoms with Crippen molar-refractivity contribution in [3.63, 3.8) is 0 Å². The Kier molecular flexibility index (Phi) is 4.31. The van der Waals surface area contributed by atoms with Gasteiger partial charge in [0.2, 0.25) is 0 Å². The summed E-state index contributed by atoms with van der Waals surface area (Å²) in [6, 6.07) is 16.1. The van der Waals surface area contributed by atoms with E-state index < -0.39 is 10.0 Å². The summed E-state index contributed by atoms with van der Waals surface area (Å²) in [5.74, 6) is 0. The van der Waals surface area contributed by atoms with E-state index in [0.717, 1.165) is 15.2 Å². The Morgan fingerprint density at radius 1 is 1.08 bits per heavy atom. The average Bonchev–Trinajstić information content (AvgIpc) is 3.01. The minimum atomic E-state index is -3.80. The molecule has 0 radical (unpaired) electrons. The van der Waals surface area contributed by atoms with Gasteiger partial charge in [0.05, 0.1) is 10.6 Å². The molecule has 0 aliphatic rings. The molecule has 122 valence electrons. The highest BCUT2D eigenvalue weighted by Crippen LogP contribution is 2.24. The highest BCUT2D eigenvalue weighted by molar-refractivity contribution is 7.89. The zero-order valence-electron chi connectivity index (χ0n) is 13.3. The predicted molar refractivity (Wildman–Crippen MR) is 93.1 cm³/mol. The van der Waals surface area contributed by atoms with Gasteiger partial charge in [0.25, 0.3) is 10.0 Å². The van der Waals surface area contributed by atoms with Crippen LogP contribution in [0.5, 0.6) is 0 Å². The van der Waals surface area contributed by atoms with E-state index in [2.05, 4.69) is 16.9 Å². The van der Waals surface area contributed by atoms with Gasteiger partial charge in [0.1, 0.15) is 5.69 Å². The molecule has 1 heterocycles. The van der Waals surface area contributed by atoms with Gasteiger partial charge >= 0.3 is 0 Å². The Hall–Kier alpha value is -2.73. The molecule has 0 saturated heterocycles. The maximum Gasteiger partial charge on any atom is 0.284 e. The second-order valence-electron chi connectivity index (χ2n) is 5.40. The first-order valence-electron chi connectivity index (χ1n) is 7.47. The van der Waals surface area contributed by atoms with Crippen molar-refractivity contribution in [1.29, 1.82) is 0 Å². The van der Waals surface area contributed by atoms with Gasteiger partial charge in [-0.25, -0.2) is 0 Å². The summed E-state index contributed by atoms with van der Waals surface area (Å²) < 4.78 is 26.8. The fourth-order valence-electron chi connectivity index (χ4n) is 2.42. The third kappa shape index (κ3) is 2.88. The fourth-order valence-corrected chi connectivity index (χ4v) is 3.69. The van der Waals surface area contributed by atoms with E-state index in [4.69, 9.17) is 0 Å². The van der Waals surface area contributed by atoms with E-state index >= 15 is 0 Å². The highest BCUT2D eigenvalue weighted by Gasteiger charge is 2.24. The van der Waals surface area contributed by atoms with E-state index in [1.165, 1.54) is 0 Å². The van der Waals surface area contributed by atoms with Gasteiger partial charge in [-0.2, -0.15) is 8.42 Å². The van der Waals surface area contributed by atoms with Crippen LogP contribution in [0.3, 0.4) is 0 Å². The predicted octanol–water partition coefficient (Wildman–Crippen LogP) is 3.22. The highest BCUT2D eigenvalue weighted by atomic mass is 32.2. The lowest BCUT2D eigenvalue weighted by molar-refractivity contribution is 0.574. The number of aromatic nitrogens is 3. The van der Waals surface area contributed by atoms with E-state index in [1.54, 1.807) is 30.3 Å². The lowest BCUT2D eigenvalue weighted by Gasteiger charge is -2.08.